The molecule has 0 aliphatic carbocycles. The van der Waals surface area contributed by atoms with E-state index in [0.717, 1.165) is 86.3 Å². The van der Waals surface area contributed by atoms with E-state index in [2.05, 4.69) is 56.7 Å². The first-order valence-electron chi connectivity index (χ1n) is 11.3. The summed E-state index contributed by atoms with van der Waals surface area (Å²) in [5.74, 6) is 0. The molecule has 1 unspecified atom stereocenters. The van der Waals surface area contributed by atoms with Crippen LogP contribution in [0.1, 0.15) is 53.5 Å². The van der Waals surface area contributed by atoms with Crippen molar-refractivity contribution < 1.29 is 9.53 Å². The molecule has 1 N–H and O–H groups in total. The number of fused-ring (bicyclic) bond motifs is 1. The molecule has 3 aromatic heterocycles. The van der Waals surface area contributed by atoms with E-state index in [1.807, 2.05) is 12.3 Å². The highest BCUT2D eigenvalue weighted by Crippen LogP contribution is 2.32. The second-order valence-electron chi connectivity index (χ2n) is 8.77. The molecule has 0 saturated carbocycles. The van der Waals surface area contributed by atoms with E-state index >= 15 is 0 Å². The molecule has 7 heteroatoms. The molecule has 0 spiro atoms. The zero-order chi connectivity index (χ0) is 21.4. The van der Waals surface area contributed by atoms with Crippen LogP contribution in [0.25, 0.3) is 16.6 Å². The Labute approximate surface area is 183 Å². The Kier molecular flexibility index (Phi) is 5.65. The van der Waals surface area contributed by atoms with Gasteiger partial charge < -0.3 is 14.5 Å². The lowest BCUT2D eigenvalue weighted by atomic mass is 10.0. The van der Waals surface area contributed by atoms with E-state index in [4.69, 9.17) is 4.74 Å². The number of piperidine rings is 1. The molecular weight excluding hydrogens is 390 g/mol. The molecule has 2 aliphatic heterocycles. The van der Waals surface area contributed by atoms with Gasteiger partial charge >= 0.3 is 0 Å². The van der Waals surface area contributed by atoms with Gasteiger partial charge in [-0.15, -0.1) is 0 Å². The second kappa shape index (κ2) is 8.57. The zero-order valence-corrected chi connectivity index (χ0v) is 18.4. The Morgan fingerprint density at radius 1 is 1.16 bits per heavy atom. The van der Waals surface area contributed by atoms with Crippen LogP contribution in [0.4, 0.5) is 0 Å². The fourth-order valence-electron chi connectivity index (χ4n) is 5.09. The molecule has 2 saturated heterocycles. The molecule has 5 heterocycles. The van der Waals surface area contributed by atoms with Gasteiger partial charge in [0.1, 0.15) is 6.29 Å². The second-order valence-corrected chi connectivity index (χ2v) is 8.77. The Balaban J connectivity index is 1.54. The first-order valence-corrected chi connectivity index (χ1v) is 11.3. The fraction of sp³-hybridized carbons (Fsp3) is 0.500. The van der Waals surface area contributed by atoms with Crippen molar-refractivity contribution in [2.45, 2.75) is 38.8 Å². The summed E-state index contributed by atoms with van der Waals surface area (Å²) >= 11 is 0. The van der Waals surface area contributed by atoms with E-state index in [1.165, 1.54) is 5.69 Å². The predicted molar refractivity (Wildman–Crippen MR) is 121 cm³/mol. The molecule has 2 aliphatic rings. The first-order chi connectivity index (χ1) is 15.2. The molecule has 2 fully saturated rings. The number of nitrogens with one attached hydrogen (secondary N) is 1. The van der Waals surface area contributed by atoms with E-state index in [-0.39, 0.29) is 6.04 Å². The molecule has 0 aromatic carbocycles. The van der Waals surface area contributed by atoms with Crippen molar-refractivity contribution in [3.8, 4) is 11.1 Å². The Hall–Kier alpha value is -2.48. The van der Waals surface area contributed by atoms with Gasteiger partial charge in [0.25, 0.3) is 0 Å². The highest BCUT2D eigenvalue weighted by molar-refractivity contribution is 5.82. The molecule has 7 nitrogen and oxygen atoms in total. The third-order valence-electron chi connectivity index (χ3n) is 6.96. The van der Waals surface area contributed by atoms with Gasteiger partial charge in [0.15, 0.2) is 0 Å². The summed E-state index contributed by atoms with van der Waals surface area (Å²) in [4.78, 5) is 14.3. The SMILES string of the molecule is Cc1c(C=O)cc2cc(-c3cnn(C4CCNCC4)c3)cn2c1C(C)N1CCOCC1. The monoisotopic (exact) mass is 421 g/mol. The minimum absolute atomic E-state index is 0.198. The average Bonchev–Trinajstić information content (AvgIpc) is 3.47. The minimum atomic E-state index is 0.198. The molecule has 0 amide bonds. The number of nitrogens with zero attached hydrogens (tertiary/aromatic N) is 4. The molecule has 5 rings (SSSR count). The van der Waals surface area contributed by atoms with Crippen molar-refractivity contribution in [3.05, 3.63) is 47.5 Å². The van der Waals surface area contributed by atoms with E-state index < -0.39 is 0 Å². The van der Waals surface area contributed by atoms with Crippen LogP contribution in [0, 0.1) is 6.92 Å². The van der Waals surface area contributed by atoms with Crippen LogP contribution in [0.3, 0.4) is 0 Å². The van der Waals surface area contributed by atoms with E-state index in [0.29, 0.717) is 6.04 Å². The van der Waals surface area contributed by atoms with Gasteiger partial charge in [-0.05, 0) is 57.5 Å². The van der Waals surface area contributed by atoms with Gasteiger partial charge in [-0.3, -0.25) is 14.4 Å². The fourth-order valence-corrected chi connectivity index (χ4v) is 5.09. The Morgan fingerprint density at radius 3 is 2.68 bits per heavy atom. The minimum Gasteiger partial charge on any atom is -0.379 e. The van der Waals surface area contributed by atoms with Crippen molar-refractivity contribution in [2.24, 2.45) is 0 Å². The molecule has 164 valence electrons. The van der Waals surface area contributed by atoms with Crippen molar-refractivity contribution in [1.29, 1.82) is 0 Å². The van der Waals surface area contributed by atoms with E-state index in [9.17, 15) is 4.79 Å². The standard InChI is InChI=1S/C24H31N5O2/c1-17-20(16-30)12-23-11-19(21-13-26-29(15-21)22-3-5-25-6-4-22)14-28(23)24(17)18(2)27-7-9-31-10-8-27/h11-16,18,22,25H,3-10H2,1-2H3. The van der Waals surface area contributed by atoms with Crippen molar-refractivity contribution in [2.75, 3.05) is 39.4 Å². The maximum absolute atomic E-state index is 11.8. The zero-order valence-electron chi connectivity index (χ0n) is 18.4. The van der Waals surface area contributed by atoms with Crippen molar-refractivity contribution >= 4 is 11.8 Å². The van der Waals surface area contributed by atoms with Gasteiger partial charge in [0.2, 0.25) is 0 Å². The molecular formula is C24H31N5O2. The number of pyridine rings is 1. The van der Waals surface area contributed by atoms with Crippen LogP contribution >= 0.6 is 0 Å². The van der Waals surface area contributed by atoms with Crippen LogP contribution in [0.2, 0.25) is 0 Å². The molecule has 1 atom stereocenters. The lowest BCUT2D eigenvalue weighted by Crippen LogP contribution is -2.38. The number of morpholine rings is 1. The summed E-state index contributed by atoms with van der Waals surface area (Å²) in [6.07, 6.45) is 9.54. The lowest BCUT2D eigenvalue weighted by Gasteiger charge is -2.33. The van der Waals surface area contributed by atoms with Gasteiger partial charge in [0, 0.05) is 59.4 Å². The maximum atomic E-state index is 11.8. The van der Waals surface area contributed by atoms with Gasteiger partial charge in [-0.2, -0.15) is 5.10 Å². The summed E-state index contributed by atoms with van der Waals surface area (Å²) < 4.78 is 9.93. The van der Waals surface area contributed by atoms with Crippen LogP contribution in [-0.4, -0.2) is 64.8 Å². The summed E-state index contributed by atoms with van der Waals surface area (Å²) in [5.41, 5.74) is 6.30. The number of carbonyl (C=O) groups is 1. The van der Waals surface area contributed by atoms with Gasteiger partial charge in [0.05, 0.1) is 25.5 Å². The number of hydrogen-bond acceptors (Lipinski definition) is 5. The Bertz CT molecular complexity index is 1070. The summed E-state index contributed by atoms with van der Waals surface area (Å²) in [6.45, 7) is 9.72. The maximum Gasteiger partial charge on any atom is 0.150 e. The number of aldehydes is 1. The predicted octanol–water partition coefficient (Wildman–Crippen LogP) is 3.24. The van der Waals surface area contributed by atoms with E-state index in [1.54, 1.807) is 0 Å². The molecule has 31 heavy (non-hydrogen) atoms. The lowest BCUT2D eigenvalue weighted by molar-refractivity contribution is 0.0187. The molecule has 0 bridgehead atoms. The highest BCUT2D eigenvalue weighted by atomic mass is 16.5. The normalized spacial score (nSPS) is 19.7. The van der Waals surface area contributed by atoms with Crippen LogP contribution in [0.15, 0.2) is 30.7 Å². The molecule has 3 aromatic rings. The highest BCUT2D eigenvalue weighted by Gasteiger charge is 2.24. The Morgan fingerprint density at radius 2 is 1.94 bits per heavy atom. The number of ether oxygens (including phenoxy) is 1. The average molecular weight is 422 g/mol. The third kappa shape index (κ3) is 3.82. The largest absolute Gasteiger partial charge is 0.379 e. The van der Waals surface area contributed by atoms with Crippen molar-refractivity contribution in [1.82, 2.24) is 24.4 Å². The van der Waals surface area contributed by atoms with Crippen LogP contribution < -0.4 is 5.32 Å². The van der Waals surface area contributed by atoms with Crippen molar-refractivity contribution in [3.63, 3.8) is 0 Å². The number of hydrogen-bond donors (Lipinski definition) is 1. The quantitative estimate of drug-likeness (QED) is 0.641. The third-order valence-corrected chi connectivity index (χ3v) is 6.96. The summed E-state index contributed by atoms with van der Waals surface area (Å²) in [6, 6.07) is 4.83. The summed E-state index contributed by atoms with van der Waals surface area (Å²) in [5, 5.41) is 8.09. The van der Waals surface area contributed by atoms with Gasteiger partial charge in [-0.1, -0.05) is 0 Å². The number of aromatic nitrogens is 3. The van der Waals surface area contributed by atoms with Gasteiger partial charge in [-0.25, -0.2) is 0 Å². The summed E-state index contributed by atoms with van der Waals surface area (Å²) in [7, 11) is 0. The number of carbonyl (C=O) groups excluding carboxylic acids is 1. The topological polar surface area (TPSA) is 63.8 Å². The van der Waals surface area contributed by atoms with Crippen LogP contribution in [-0.2, 0) is 4.74 Å². The van der Waals surface area contributed by atoms with Crippen LogP contribution in [0.5, 0.6) is 0 Å². The smallest absolute Gasteiger partial charge is 0.150 e. The number of rotatable bonds is 5. The molecule has 0 radical (unpaired) electrons. The first kappa shape index (κ1) is 20.4.